The summed E-state index contributed by atoms with van der Waals surface area (Å²) in [7, 11) is 0. The average molecular weight is 345 g/mol. The second-order valence-electron chi connectivity index (χ2n) is 4.92. The number of aromatic amines is 1. The molecular weight excluding hydrogens is 330 g/mol. The SMILES string of the molecule is NC(=O)CCCSc1nc(=S)c2cnn(-c3ccccc3)c2[nH]1. The van der Waals surface area contributed by atoms with Crippen molar-refractivity contribution in [3.63, 3.8) is 0 Å². The van der Waals surface area contributed by atoms with Crippen LogP contribution in [0.4, 0.5) is 0 Å². The molecule has 3 aromatic rings. The largest absolute Gasteiger partial charge is 0.370 e. The number of carbonyl (C=O) groups excluding carboxylic acids is 1. The molecule has 6 nitrogen and oxygen atoms in total. The minimum absolute atomic E-state index is 0.288. The van der Waals surface area contributed by atoms with Crippen molar-refractivity contribution in [2.45, 2.75) is 18.0 Å². The molecule has 3 N–H and O–H groups in total. The molecule has 0 fully saturated rings. The zero-order chi connectivity index (χ0) is 16.2. The topological polar surface area (TPSA) is 89.6 Å². The lowest BCUT2D eigenvalue weighted by molar-refractivity contribution is -0.118. The number of carbonyl (C=O) groups is 1. The van der Waals surface area contributed by atoms with Crippen molar-refractivity contribution < 1.29 is 4.79 Å². The molecule has 8 heteroatoms. The summed E-state index contributed by atoms with van der Waals surface area (Å²) in [4.78, 5) is 18.4. The molecule has 0 saturated heterocycles. The fraction of sp³-hybridized carbons (Fsp3) is 0.200. The van der Waals surface area contributed by atoms with Gasteiger partial charge in [-0.1, -0.05) is 42.2 Å². The first-order valence-electron chi connectivity index (χ1n) is 7.10. The third kappa shape index (κ3) is 3.59. The fourth-order valence-electron chi connectivity index (χ4n) is 2.16. The van der Waals surface area contributed by atoms with E-state index in [1.165, 1.54) is 11.8 Å². The van der Waals surface area contributed by atoms with E-state index in [1.54, 1.807) is 10.9 Å². The minimum atomic E-state index is -0.288. The molecule has 1 aromatic carbocycles. The number of H-pyrrole nitrogens is 1. The third-order valence-corrected chi connectivity index (χ3v) is 4.51. The Bertz CT molecular complexity index is 888. The van der Waals surface area contributed by atoms with E-state index < -0.39 is 0 Å². The Kier molecular flexibility index (Phi) is 4.73. The first kappa shape index (κ1) is 15.7. The molecular formula is C15H15N5OS2. The number of hydrogen-bond acceptors (Lipinski definition) is 5. The van der Waals surface area contributed by atoms with Gasteiger partial charge in [0.15, 0.2) is 5.16 Å². The lowest BCUT2D eigenvalue weighted by Gasteiger charge is -2.05. The summed E-state index contributed by atoms with van der Waals surface area (Å²) >= 11 is 6.87. The lowest BCUT2D eigenvalue weighted by atomic mass is 10.3. The van der Waals surface area contributed by atoms with Gasteiger partial charge < -0.3 is 10.7 Å². The molecule has 3 rings (SSSR count). The molecule has 0 saturated carbocycles. The Morgan fingerprint density at radius 3 is 2.87 bits per heavy atom. The van der Waals surface area contributed by atoms with Crippen LogP contribution >= 0.6 is 24.0 Å². The number of nitrogens with two attached hydrogens (primary N) is 1. The highest BCUT2D eigenvalue weighted by Gasteiger charge is 2.09. The van der Waals surface area contributed by atoms with Crippen molar-refractivity contribution in [2.75, 3.05) is 5.75 Å². The molecule has 0 aliphatic rings. The van der Waals surface area contributed by atoms with Gasteiger partial charge in [0.2, 0.25) is 5.91 Å². The van der Waals surface area contributed by atoms with Gasteiger partial charge in [-0.15, -0.1) is 0 Å². The minimum Gasteiger partial charge on any atom is -0.370 e. The quantitative estimate of drug-likeness (QED) is 0.310. The molecule has 0 aliphatic carbocycles. The highest BCUT2D eigenvalue weighted by Crippen LogP contribution is 2.21. The Balaban J connectivity index is 1.90. The summed E-state index contributed by atoms with van der Waals surface area (Å²) in [6.45, 7) is 0. The molecule has 2 aromatic heterocycles. The van der Waals surface area contributed by atoms with Crippen molar-refractivity contribution in [1.82, 2.24) is 19.7 Å². The summed E-state index contributed by atoms with van der Waals surface area (Å²) in [5.74, 6) is 0.454. The Labute approximate surface area is 142 Å². The number of benzene rings is 1. The number of para-hydroxylation sites is 1. The maximum atomic E-state index is 10.8. The third-order valence-electron chi connectivity index (χ3n) is 3.24. The Morgan fingerprint density at radius 1 is 1.35 bits per heavy atom. The number of hydrogen-bond donors (Lipinski definition) is 2. The molecule has 0 bridgehead atoms. The summed E-state index contributed by atoms with van der Waals surface area (Å²) in [6, 6.07) is 9.82. The van der Waals surface area contributed by atoms with Crippen molar-refractivity contribution in [1.29, 1.82) is 0 Å². The second-order valence-corrected chi connectivity index (χ2v) is 6.39. The van der Waals surface area contributed by atoms with Crippen LogP contribution in [0.3, 0.4) is 0 Å². The molecule has 23 heavy (non-hydrogen) atoms. The van der Waals surface area contributed by atoms with Gasteiger partial charge in [0.05, 0.1) is 17.3 Å². The fourth-order valence-corrected chi connectivity index (χ4v) is 3.26. The van der Waals surface area contributed by atoms with E-state index in [0.717, 1.165) is 22.5 Å². The van der Waals surface area contributed by atoms with Crippen molar-refractivity contribution in [3.8, 4) is 5.69 Å². The van der Waals surface area contributed by atoms with Crippen LogP contribution in [0.25, 0.3) is 16.7 Å². The molecule has 0 atom stereocenters. The molecule has 0 spiro atoms. The van der Waals surface area contributed by atoms with Crippen LogP contribution < -0.4 is 5.73 Å². The molecule has 0 aliphatic heterocycles. The highest BCUT2D eigenvalue weighted by atomic mass is 32.2. The standard InChI is InChI=1S/C15H15N5OS2/c16-12(21)7-4-8-23-15-18-13-11(14(22)19-15)9-17-20(13)10-5-2-1-3-6-10/h1-3,5-6,9H,4,7-8H2,(H2,16,21)(H,18,19,22). The number of rotatable bonds is 6. The van der Waals surface area contributed by atoms with Gasteiger partial charge in [-0.05, 0) is 18.6 Å². The van der Waals surface area contributed by atoms with Crippen LogP contribution in [0.2, 0.25) is 0 Å². The molecule has 0 radical (unpaired) electrons. The van der Waals surface area contributed by atoms with Gasteiger partial charge in [-0.2, -0.15) is 5.10 Å². The molecule has 1 amide bonds. The number of primary amides is 1. The summed E-state index contributed by atoms with van der Waals surface area (Å²) in [6.07, 6.45) is 2.80. The van der Waals surface area contributed by atoms with Crippen LogP contribution in [0.1, 0.15) is 12.8 Å². The number of nitrogens with one attached hydrogen (secondary N) is 1. The van der Waals surface area contributed by atoms with Crippen molar-refractivity contribution >= 4 is 40.9 Å². The summed E-state index contributed by atoms with van der Waals surface area (Å²) < 4.78 is 2.32. The van der Waals surface area contributed by atoms with E-state index in [9.17, 15) is 4.79 Å². The molecule has 118 valence electrons. The predicted octanol–water partition coefficient (Wildman–Crippen LogP) is 2.84. The average Bonchev–Trinajstić information content (AvgIpc) is 2.97. The first-order chi connectivity index (χ1) is 11.1. The zero-order valence-corrected chi connectivity index (χ0v) is 13.9. The van der Waals surface area contributed by atoms with E-state index in [0.29, 0.717) is 22.6 Å². The zero-order valence-electron chi connectivity index (χ0n) is 12.2. The second kappa shape index (κ2) is 6.93. The van der Waals surface area contributed by atoms with E-state index in [-0.39, 0.29) is 5.91 Å². The Morgan fingerprint density at radius 2 is 2.13 bits per heavy atom. The van der Waals surface area contributed by atoms with Crippen LogP contribution in [-0.2, 0) is 4.79 Å². The van der Waals surface area contributed by atoms with Gasteiger partial charge in [0.1, 0.15) is 10.3 Å². The van der Waals surface area contributed by atoms with Crippen LogP contribution in [0.5, 0.6) is 0 Å². The number of amides is 1. The van der Waals surface area contributed by atoms with E-state index in [1.807, 2.05) is 30.3 Å². The van der Waals surface area contributed by atoms with E-state index in [4.69, 9.17) is 18.0 Å². The van der Waals surface area contributed by atoms with Gasteiger partial charge in [0, 0.05) is 12.2 Å². The lowest BCUT2D eigenvalue weighted by Crippen LogP contribution is -2.10. The molecule has 0 unspecified atom stereocenters. The van der Waals surface area contributed by atoms with E-state index in [2.05, 4.69) is 15.1 Å². The van der Waals surface area contributed by atoms with Crippen molar-refractivity contribution in [3.05, 3.63) is 41.2 Å². The first-order valence-corrected chi connectivity index (χ1v) is 8.49. The maximum absolute atomic E-state index is 10.8. The maximum Gasteiger partial charge on any atom is 0.217 e. The van der Waals surface area contributed by atoms with Gasteiger partial charge in [-0.3, -0.25) is 4.79 Å². The van der Waals surface area contributed by atoms with Gasteiger partial charge in [0.25, 0.3) is 0 Å². The van der Waals surface area contributed by atoms with E-state index >= 15 is 0 Å². The number of aromatic nitrogens is 4. The van der Waals surface area contributed by atoms with Crippen LogP contribution in [0.15, 0.2) is 41.7 Å². The normalized spacial score (nSPS) is 11.0. The number of thioether (sulfide) groups is 1. The summed E-state index contributed by atoms with van der Waals surface area (Å²) in [5, 5.41) is 5.92. The van der Waals surface area contributed by atoms with Crippen LogP contribution in [-0.4, -0.2) is 31.4 Å². The highest BCUT2D eigenvalue weighted by molar-refractivity contribution is 7.99. The predicted molar refractivity (Wildman–Crippen MR) is 93.2 cm³/mol. The van der Waals surface area contributed by atoms with Crippen LogP contribution in [0, 0.1) is 4.64 Å². The summed E-state index contributed by atoms with van der Waals surface area (Å²) in [5.41, 5.74) is 6.90. The Hall–Kier alpha value is -2.19. The molecule has 2 heterocycles. The monoisotopic (exact) mass is 345 g/mol. The van der Waals surface area contributed by atoms with Crippen molar-refractivity contribution in [2.24, 2.45) is 5.73 Å². The number of fused-ring (bicyclic) bond motifs is 1. The van der Waals surface area contributed by atoms with Gasteiger partial charge >= 0.3 is 0 Å². The number of nitrogens with zero attached hydrogens (tertiary/aromatic N) is 3. The van der Waals surface area contributed by atoms with Gasteiger partial charge in [-0.25, -0.2) is 9.67 Å². The smallest absolute Gasteiger partial charge is 0.217 e.